The number of aliphatic hydroxyl groups is 1. The number of sulfonamides is 1. The number of aromatic nitrogens is 4. The Morgan fingerprint density at radius 2 is 2.00 bits per heavy atom. The van der Waals surface area contributed by atoms with Gasteiger partial charge in [0.25, 0.3) is 0 Å². The first-order valence-electron chi connectivity index (χ1n) is 8.19. The Morgan fingerprint density at radius 3 is 2.68 bits per heavy atom. The first-order valence-corrected chi connectivity index (χ1v) is 10.1. The molecular weight excluding hydrogens is 404 g/mol. The van der Waals surface area contributed by atoms with E-state index < -0.39 is 15.6 Å². The predicted octanol–water partition coefficient (Wildman–Crippen LogP) is 2.16. The van der Waals surface area contributed by atoms with Crippen LogP contribution in [0.2, 0.25) is 5.02 Å². The standard InChI is InChI=1S/C17H19ClN6O3S/c1-17(2,25)10-24-9-11(7-21-24)15-12(18)8-20-16(23-15)22-13-5-3-4-6-14(13)28(19,26)27/h3-9,25H,10H2,1-2H3,(H2,19,26,27)(H,20,22,23). The molecule has 0 saturated heterocycles. The third kappa shape index (κ3) is 4.84. The monoisotopic (exact) mass is 422 g/mol. The summed E-state index contributed by atoms with van der Waals surface area (Å²) in [5, 5.41) is 22.5. The Bertz CT molecular complexity index is 1110. The molecule has 3 aromatic rings. The minimum absolute atomic E-state index is 0.0758. The van der Waals surface area contributed by atoms with Gasteiger partial charge < -0.3 is 10.4 Å². The topological polar surface area (TPSA) is 136 Å². The number of rotatable bonds is 6. The van der Waals surface area contributed by atoms with Gasteiger partial charge in [-0.3, -0.25) is 4.68 Å². The van der Waals surface area contributed by atoms with Gasteiger partial charge in [-0.2, -0.15) is 5.10 Å². The summed E-state index contributed by atoms with van der Waals surface area (Å²) < 4.78 is 25.1. The maximum absolute atomic E-state index is 11.7. The SMILES string of the molecule is CC(C)(O)Cn1cc(-c2nc(Nc3ccccc3S(N)(=O)=O)ncc2Cl)cn1. The maximum atomic E-state index is 11.7. The number of nitrogens with two attached hydrogens (primary N) is 1. The second-order valence-electron chi connectivity index (χ2n) is 6.80. The summed E-state index contributed by atoms with van der Waals surface area (Å²) in [5.41, 5.74) is 0.354. The summed E-state index contributed by atoms with van der Waals surface area (Å²) in [5.74, 6) is 0.144. The van der Waals surface area contributed by atoms with Crippen molar-refractivity contribution in [2.24, 2.45) is 5.14 Å². The summed E-state index contributed by atoms with van der Waals surface area (Å²) in [4.78, 5) is 8.38. The van der Waals surface area contributed by atoms with E-state index in [1.807, 2.05) is 0 Å². The molecule has 0 aliphatic heterocycles. The van der Waals surface area contributed by atoms with Crippen molar-refractivity contribution in [3.63, 3.8) is 0 Å². The van der Waals surface area contributed by atoms with Gasteiger partial charge in [-0.1, -0.05) is 23.7 Å². The molecule has 0 amide bonds. The van der Waals surface area contributed by atoms with Gasteiger partial charge in [0.2, 0.25) is 16.0 Å². The minimum Gasteiger partial charge on any atom is -0.389 e. The normalized spacial score (nSPS) is 12.2. The Labute approximate surface area is 167 Å². The van der Waals surface area contributed by atoms with Gasteiger partial charge in [-0.05, 0) is 26.0 Å². The Hall–Kier alpha value is -2.53. The van der Waals surface area contributed by atoms with Crippen molar-refractivity contribution in [2.45, 2.75) is 30.9 Å². The van der Waals surface area contributed by atoms with E-state index in [-0.39, 0.29) is 16.5 Å². The number of benzene rings is 1. The molecule has 3 rings (SSSR count). The molecule has 0 aliphatic rings. The zero-order valence-corrected chi connectivity index (χ0v) is 16.7. The van der Waals surface area contributed by atoms with E-state index >= 15 is 0 Å². The smallest absolute Gasteiger partial charge is 0.240 e. The van der Waals surface area contributed by atoms with Gasteiger partial charge in [-0.25, -0.2) is 23.5 Å². The lowest BCUT2D eigenvalue weighted by Crippen LogP contribution is -2.26. The lowest BCUT2D eigenvalue weighted by atomic mass is 10.1. The number of para-hydroxylation sites is 1. The molecule has 0 fully saturated rings. The molecule has 4 N–H and O–H groups in total. The molecule has 2 aromatic heterocycles. The largest absolute Gasteiger partial charge is 0.389 e. The zero-order valence-electron chi connectivity index (χ0n) is 15.2. The van der Waals surface area contributed by atoms with Crippen LogP contribution < -0.4 is 10.5 Å². The van der Waals surface area contributed by atoms with Crippen LogP contribution in [0, 0.1) is 0 Å². The van der Waals surface area contributed by atoms with Gasteiger partial charge in [0, 0.05) is 11.8 Å². The fourth-order valence-corrected chi connectivity index (χ4v) is 3.43. The lowest BCUT2D eigenvalue weighted by molar-refractivity contribution is 0.0577. The second kappa shape index (κ2) is 7.47. The van der Waals surface area contributed by atoms with E-state index in [0.717, 1.165) is 0 Å². The fraction of sp³-hybridized carbons (Fsp3) is 0.235. The molecule has 28 heavy (non-hydrogen) atoms. The maximum Gasteiger partial charge on any atom is 0.240 e. The number of hydrogen-bond acceptors (Lipinski definition) is 7. The molecule has 1 aromatic carbocycles. The summed E-state index contributed by atoms with van der Waals surface area (Å²) in [6.07, 6.45) is 4.68. The molecule has 0 unspecified atom stereocenters. The van der Waals surface area contributed by atoms with Gasteiger partial charge in [0.1, 0.15) is 4.90 Å². The van der Waals surface area contributed by atoms with Crippen LogP contribution in [0.1, 0.15) is 13.8 Å². The Morgan fingerprint density at radius 1 is 1.29 bits per heavy atom. The number of anilines is 2. The average molecular weight is 423 g/mol. The van der Waals surface area contributed by atoms with Gasteiger partial charge >= 0.3 is 0 Å². The molecule has 9 nitrogen and oxygen atoms in total. The van der Waals surface area contributed by atoms with Crippen LogP contribution in [0.4, 0.5) is 11.6 Å². The highest BCUT2D eigenvalue weighted by Gasteiger charge is 2.17. The molecule has 11 heteroatoms. The quantitative estimate of drug-likeness (QED) is 0.553. The van der Waals surface area contributed by atoms with E-state index in [9.17, 15) is 13.5 Å². The van der Waals surface area contributed by atoms with Crippen LogP contribution >= 0.6 is 11.6 Å². The van der Waals surface area contributed by atoms with Crippen molar-refractivity contribution in [3.8, 4) is 11.3 Å². The van der Waals surface area contributed by atoms with Crippen molar-refractivity contribution in [3.05, 3.63) is 47.9 Å². The van der Waals surface area contributed by atoms with Crippen LogP contribution in [0.15, 0.2) is 47.8 Å². The van der Waals surface area contributed by atoms with Crippen LogP contribution in [0.25, 0.3) is 11.3 Å². The molecule has 148 valence electrons. The number of halogens is 1. The molecule has 0 saturated carbocycles. The van der Waals surface area contributed by atoms with Crippen LogP contribution in [0.5, 0.6) is 0 Å². The van der Waals surface area contributed by atoms with Gasteiger partial charge in [0.05, 0.1) is 40.9 Å². The minimum atomic E-state index is -3.92. The second-order valence-corrected chi connectivity index (χ2v) is 8.73. The van der Waals surface area contributed by atoms with E-state index in [0.29, 0.717) is 22.8 Å². The number of nitrogens with zero attached hydrogens (tertiary/aromatic N) is 4. The molecule has 0 radical (unpaired) electrons. The third-order valence-corrected chi connectivity index (χ3v) is 4.89. The summed E-state index contributed by atoms with van der Waals surface area (Å²) in [6.45, 7) is 3.65. The van der Waals surface area contributed by atoms with Crippen LogP contribution in [0.3, 0.4) is 0 Å². The molecule has 2 heterocycles. The highest BCUT2D eigenvalue weighted by atomic mass is 35.5. The summed E-state index contributed by atoms with van der Waals surface area (Å²) in [6, 6.07) is 6.17. The van der Waals surface area contributed by atoms with Crippen LogP contribution in [-0.4, -0.2) is 38.9 Å². The van der Waals surface area contributed by atoms with E-state index in [1.54, 1.807) is 49.1 Å². The summed E-state index contributed by atoms with van der Waals surface area (Å²) in [7, 11) is -3.92. The lowest BCUT2D eigenvalue weighted by Gasteiger charge is -2.16. The van der Waals surface area contributed by atoms with E-state index in [2.05, 4.69) is 20.4 Å². The zero-order chi connectivity index (χ0) is 20.5. The highest BCUT2D eigenvalue weighted by Crippen LogP contribution is 2.28. The van der Waals surface area contributed by atoms with Crippen molar-refractivity contribution < 1.29 is 13.5 Å². The molecule has 0 spiro atoms. The Balaban J connectivity index is 1.94. The number of nitrogens with one attached hydrogen (secondary N) is 1. The van der Waals surface area contributed by atoms with Crippen molar-refractivity contribution in [1.82, 2.24) is 19.7 Å². The molecule has 0 atom stereocenters. The van der Waals surface area contributed by atoms with Crippen molar-refractivity contribution in [1.29, 1.82) is 0 Å². The fourth-order valence-electron chi connectivity index (χ4n) is 2.54. The first kappa shape index (κ1) is 20.2. The van der Waals surface area contributed by atoms with Gasteiger partial charge in [0.15, 0.2) is 0 Å². The highest BCUT2D eigenvalue weighted by molar-refractivity contribution is 7.89. The number of hydrogen-bond donors (Lipinski definition) is 3. The molecule has 0 bridgehead atoms. The van der Waals surface area contributed by atoms with E-state index in [1.165, 1.54) is 12.3 Å². The Kier molecular flexibility index (Phi) is 5.39. The van der Waals surface area contributed by atoms with Gasteiger partial charge in [-0.15, -0.1) is 0 Å². The van der Waals surface area contributed by atoms with E-state index in [4.69, 9.17) is 16.7 Å². The van der Waals surface area contributed by atoms with Crippen LogP contribution in [-0.2, 0) is 16.6 Å². The molecule has 0 aliphatic carbocycles. The first-order chi connectivity index (χ1) is 13.0. The van der Waals surface area contributed by atoms with Crippen molar-refractivity contribution in [2.75, 3.05) is 5.32 Å². The summed E-state index contributed by atoms with van der Waals surface area (Å²) >= 11 is 6.22. The predicted molar refractivity (Wildman–Crippen MR) is 106 cm³/mol. The third-order valence-electron chi connectivity index (χ3n) is 3.64. The van der Waals surface area contributed by atoms with Crippen molar-refractivity contribution >= 4 is 33.3 Å². The average Bonchev–Trinajstić information content (AvgIpc) is 3.02. The molecular formula is C17H19ClN6O3S. The number of primary sulfonamides is 1.